The summed E-state index contributed by atoms with van der Waals surface area (Å²) >= 11 is 0. The highest BCUT2D eigenvalue weighted by molar-refractivity contribution is 5.77. The van der Waals surface area contributed by atoms with Crippen molar-refractivity contribution in [3.63, 3.8) is 0 Å². The summed E-state index contributed by atoms with van der Waals surface area (Å²) in [7, 11) is 0. The zero-order valence-electron chi connectivity index (χ0n) is 9.67. The SMILES string of the molecule is NCc1cccc(OC(=O)O)c1-c1ccccc1. The number of nitrogens with two attached hydrogens (primary N) is 1. The van der Waals surface area contributed by atoms with Gasteiger partial charge < -0.3 is 15.6 Å². The Morgan fingerprint density at radius 3 is 2.44 bits per heavy atom. The van der Waals surface area contributed by atoms with Crippen molar-refractivity contribution in [2.75, 3.05) is 0 Å². The molecule has 0 aliphatic heterocycles. The molecule has 0 aliphatic rings. The molecule has 2 rings (SSSR count). The Morgan fingerprint density at radius 2 is 1.83 bits per heavy atom. The highest BCUT2D eigenvalue weighted by Gasteiger charge is 2.13. The number of carboxylic acid groups (broad SMARTS) is 1. The second-order valence-corrected chi connectivity index (χ2v) is 3.73. The van der Waals surface area contributed by atoms with Crippen LogP contribution < -0.4 is 10.5 Å². The maximum Gasteiger partial charge on any atom is 0.511 e. The average Bonchev–Trinajstić information content (AvgIpc) is 2.38. The number of ether oxygens (including phenoxy) is 1. The Bertz CT molecular complexity index is 552. The zero-order chi connectivity index (χ0) is 13.0. The van der Waals surface area contributed by atoms with Gasteiger partial charge in [0.05, 0.1) is 0 Å². The van der Waals surface area contributed by atoms with E-state index >= 15 is 0 Å². The molecular weight excluding hydrogens is 230 g/mol. The molecule has 0 saturated heterocycles. The van der Waals surface area contributed by atoms with Crippen LogP contribution in [0.25, 0.3) is 11.1 Å². The molecule has 0 atom stereocenters. The van der Waals surface area contributed by atoms with Gasteiger partial charge in [-0.3, -0.25) is 0 Å². The van der Waals surface area contributed by atoms with E-state index in [1.54, 1.807) is 12.1 Å². The second kappa shape index (κ2) is 5.33. The predicted molar refractivity (Wildman–Crippen MR) is 68.4 cm³/mol. The molecule has 0 bridgehead atoms. The molecule has 0 aromatic heterocycles. The summed E-state index contributed by atoms with van der Waals surface area (Å²) in [5, 5.41) is 8.75. The predicted octanol–water partition coefficient (Wildman–Crippen LogP) is 2.87. The fourth-order valence-corrected chi connectivity index (χ4v) is 1.86. The monoisotopic (exact) mass is 243 g/mol. The average molecular weight is 243 g/mol. The standard InChI is InChI=1S/C14H13NO3/c15-9-11-7-4-8-12(18-14(16)17)13(11)10-5-2-1-3-6-10/h1-8H,9,15H2,(H,16,17). The number of benzene rings is 2. The highest BCUT2D eigenvalue weighted by atomic mass is 16.7. The van der Waals surface area contributed by atoms with Crippen LogP contribution in [0.2, 0.25) is 0 Å². The number of rotatable bonds is 3. The van der Waals surface area contributed by atoms with Gasteiger partial charge in [-0.15, -0.1) is 0 Å². The van der Waals surface area contributed by atoms with Gasteiger partial charge in [0.15, 0.2) is 0 Å². The first kappa shape index (κ1) is 12.1. The van der Waals surface area contributed by atoms with Crippen molar-refractivity contribution in [3.8, 4) is 16.9 Å². The van der Waals surface area contributed by atoms with E-state index in [2.05, 4.69) is 0 Å². The van der Waals surface area contributed by atoms with Crippen LogP contribution in [-0.2, 0) is 6.54 Å². The van der Waals surface area contributed by atoms with E-state index in [-0.39, 0.29) is 0 Å². The van der Waals surface area contributed by atoms with Gasteiger partial charge in [0.1, 0.15) is 5.75 Å². The van der Waals surface area contributed by atoms with Crippen molar-refractivity contribution >= 4 is 6.16 Å². The van der Waals surface area contributed by atoms with Gasteiger partial charge in [0, 0.05) is 12.1 Å². The van der Waals surface area contributed by atoms with Crippen LogP contribution >= 0.6 is 0 Å². The molecule has 4 heteroatoms. The first-order valence-corrected chi connectivity index (χ1v) is 5.50. The van der Waals surface area contributed by atoms with E-state index in [4.69, 9.17) is 15.6 Å². The maximum absolute atomic E-state index is 10.7. The van der Waals surface area contributed by atoms with Crippen molar-refractivity contribution in [2.45, 2.75) is 6.54 Å². The van der Waals surface area contributed by atoms with Crippen molar-refractivity contribution in [2.24, 2.45) is 5.73 Å². The third-order valence-electron chi connectivity index (χ3n) is 2.59. The summed E-state index contributed by atoms with van der Waals surface area (Å²) in [5.74, 6) is 0.302. The van der Waals surface area contributed by atoms with E-state index in [9.17, 15) is 4.79 Å². The molecule has 0 amide bonds. The molecule has 3 N–H and O–H groups in total. The highest BCUT2D eigenvalue weighted by Crippen LogP contribution is 2.33. The van der Waals surface area contributed by atoms with Crippen LogP contribution in [0.3, 0.4) is 0 Å². The Balaban J connectivity index is 2.58. The fourth-order valence-electron chi connectivity index (χ4n) is 1.86. The summed E-state index contributed by atoms with van der Waals surface area (Å²) in [4.78, 5) is 10.7. The van der Waals surface area contributed by atoms with Gasteiger partial charge >= 0.3 is 6.16 Å². The second-order valence-electron chi connectivity index (χ2n) is 3.73. The fraction of sp³-hybridized carbons (Fsp3) is 0.0714. The molecule has 0 aliphatic carbocycles. The maximum atomic E-state index is 10.7. The third-order valence-corrected chi connectivity index (χ3v) is 2.59. The topological polar surface area (TPSA) is 72.5 Å². The summed E-state index contributed by atoms with van der Waals surface area (Å²) < 4.78 is 4.80. The molecule has 0 spiro atoms. The van der Waals surface area contributed by atoms with E-state index in [1.165, 1.54) is 0 Å². The molecule has 0 fully saturated rings. The smallest absolute Gasteiger partial charge is 0.449 e. The molecular formula is C14H13NO3. The van der Waals surface area contributed by atoms with Crippen LogP contribution in [0.1, 0.15) is 5.56 Å². The van der Waals surface area contributed by atoms with Crippen molar-refractivity contribution < 1.29 is 14.6 Å². The van der Waals surface area contributed by atoms with E-state index < -0.39 is 6.16 Å². The van der Waals surface area contributed by atoms with Crippen LogP contribution in [0.5, 0.6) is 5.75 Å². The van der Waals surface area contributed by atoms with Gasteiger partial charge in [-0.2, -0.15) is 0 Å². The van der Waals surface area contributed by atoms with Crippen LogP contribution in [0, 0.1) is 0 Å². The summed E-state index contributed by atoms with van der Waals surface area (Å²) in [6.45, 7) is 0.320. The first-order valence-electron chi connectivity index (χ1n) is 5.50. The minimum absolute atomic E-state index is 0.302. The lowest BCUT2D eigenvalue weighted by atomic mass is 9.98. The van der Waals surface area contributed by atoms with E-state index in [1.807, 2.05) is 36.4 Å². The lowest BCUT2D eigenvalue weighted by molar-refractivity contribution is 0.144. The number of carbonyl (C=O) groups is 1. The van der Waals surface area contributed by atoms with Crippen molar-refractivity contribution in [3.05, 3.63) is 54.1 Å². The molecule has 2 aromatic carbocycles. The van der Waals surface area contributed by atoms with Gasteiger partial charge in [-0.05, 0) is 17.2 Å². The van der Waals surface area contributed by atoms with Crippen LogP contribution in [-0.4, -0.2) is 11.3 Å². The third kappa shape index (κ3) is 2.49. The van der Waals surface area contributed by atoms with Gasteiger partial charge in [0.25, 0.3) is 0 Å². The van der Waals surface area contributed by atoms with Crippen LogP contribution in [0.15, 0.2) is 48.5 Å². The minimum atomic E-state index is -1.33. The number of hydrogen-bond donors (Lipinski definition) is 2. The molecule has 92 valence electrons. The Morgan fingerprint density at radius 1 is 1.11 bits per heavy atom. The molecule has 0 saturated carbocycles. The Labute approximate surface area is 105 Å². The molecule has 18 heavy (non-hydrogen) atoms. The van der Waals surface area contributed by atoms with Gasteiger partial charge in [0.2, 0.25) is 0 Å². The lowest BCUT2D eigenvalue weighted by Gasteiger charge is -2.12. The molecule has 2 aromatic rings. The summed E-state index contributed by atoms with van der Waals surface area (Å²) in [6, 6.07) is 14.7. The van der Waals surface area contributed by atoms with E-state index in [0.717, 1.165) is 16.7 Å². The largest absolute Gasteiger partial charge is 0.511 e. The van der Waals surface area contributed by atoms with Crippen molar-refractivity contribution in [1.29, 1.82) is 0 Å². The van der Waals surface area contributed by atoms with E-state index in [0.29, 0.717) is 12.3 Å². The summed E-state index contributed by atoms with van der Waals surface area (Å²) in [6.07, 6.45) is -1.33. The first-order chi connectivity index (χ1) is 8.72. The number of hydrogen-bond acceptors (Lipinski definition) is 3. The Hall–Kier alpha value is -2.33. The van der Waals surface area contributed by atoms with Crippen molar-refractivity contribution in [1.82, 2.24) is 0 Å². The molecule has 0 radical (unpaired) electrons. The normalized spacial score (nSPS) is 10.1. The Kier molecular flexibility index (Phi) is 3.60. The molecule has 0 unspecified atom stereocenters. The quantitative estimate of drug-likeness (QED) is 0.642. The van der Waals surface area contributed by atoms with Gasteiger partial charge in [-0.25, -0.2) is 4.79 Å². The molecule has 4 nitrogen and oxygen atoms in total. The minimum Gasteiger partial charge on any atom is -0.449 e. The lowest BCUT2D eigenvalue weighted by Crippen LogP contribution is -2.07. The van der Waals surface area contributed by atoms with Gasteiger partial charge in [-0.1, -0.05) is 42.5 Å². The summed E-state index contributed by atoms with van der Waals surface area (Å²) in [5.41, 5.74) is 8.14. The van der Waals surface area contributed by atoms with Crippen LogP contribution in [0.4, 0.5) is 4.79 Å². The zero-order valence-corrected chi connectivity index (χ0v) is 9.67. The molecule has 0 heterocycles.